The fourth-order valence-electron chi connectivity index (χ4n) is 1.42. The second-order valence-corrected chi connectivity index (χ2v) is 3.62. The Labute approximate surface area is 105 Å². The number of nitrogens with zero attached hydrogens (tertiary/aromatic N) is 2. The van der Waals surface area contributed by atoms with E-state index >= 15 is 0 Å². The Balaban J connectivity index is 2.37. The lowest BCUT2D eigenvalue weighted by Crippen LogP contribution is -2.43. The molecule has 0 aromatic carbocycles. The van der Waals surface area contributed by atoms with Gasteiger partial charge in [0.1, 0.15) is 0 Å². The Morgan fingerprint density at radius 2 is 1.44 bits per heavy atom. The molecule has 7 nitrogen and oxygen atoms in total. The molecule has 98 valence electrons. The van der Waals surface area contributed by atoms with Gasteiger partial charge in [-0.05, 0) is 12.2 Å². The summed E-state index contributed by atoms with van der Waals surface area (Å²) in [6.07, 6.45) is 2.28. The third-order valence-corrected chi connectivity index (χ3v) is 2.44. The van der Waals surface area contributed by atoms with Crippen LogP contribution in [0.3, 0.4) is 0 Å². The van der Waals surface area contributed by atoms with Gasteiger partial charge in [-0.1, -0.05) is 13.2 Å². The van der Waals surface area contributed by atoms with Crippen molar-refractivity contribution < 1.29 is 14.4 Å². The fourth-order valence-corrected chi connectivity index (χ4v) is 1.42. The number of rotatable bonds is 6. The normalized spacial score (nSPS) is 14.3. The molecular weight excluding hydrogens is 236 g/mol. The zero-order valence-electron chi connectivity index (χ0n) is 10.0. The lowest BCUT2D eigenvalue weighted by atomic mass is 10.5. The van der Waals surface area contributed by atoms with E-state index in [4.69, 9.17) is 0 Å². The van der Waals surface area contributed by atoms with Crippen molar-refractivity contribution in [1.82, 2.24) is 20.4 Å². The molecule has 1 heterocycles. The van der Waals surface area contributed by atoms with Gasteiger partial charge in [-0.3, -0.25) is 9.59 Å². The van der Waals surface area contributed by atoms with Gasteiger partial charge in [0, 0.05) is 13.1 Å². The highest BCUT2D eigenvalue weighted by atomic mass is 16.2. The molecule has 1 fully saturated rings. The van der Waals surface area contributed by atoms with E-state index < -0.39 is 0 Å². The lowest BCUT2D eigenvalue weighted by molar-refractivity contribution is -0.117. The van der Waals surface area contributed by atoms with E-state index in [0.29, 0.717) is 13.1 Å². The zero-order chi connectivity index (χ0) is 13.5. The number of amides is 4. The largest absolute Gasteiger partial charge is 0.335 e. The topological polar surface area (TPSA) is 81.8 Å². The van der Waals surface area contributed by atoms with Gasteiger partial charge >= 0.3 is 6.03 Å². The standard InChI is InChI=1S/C11H16N4O3/c1-3-9(16)12-7-14-5-6-15(11(14)18)8-13-10(17)4-2/h3-4H,1-2,5-8H2,(H,12,16)(H,13,17). The van der Waals surface area contributed by atoms with Gasteiger partial charge in [0.25, 0.3) is 0 Å². The van der Waals surface area contributed by atoms with Crippen LogP contribution in [-0.4, -0.2) is 54.1 Å². The van der Waals surface area contributed by atoms with Crippen LogP contribution in [0.1, 0.15) is 0 Å². The van der Waals surface area contributed by atoms with E-state index in [1.807, 2.05) is 0 Å². The lowest BCUT2D eigenvalue weighted by Gasteiger charge is -2.18. The molecule has 0 aromatic rings. The van der Waals surface area contributed by atoms with Crippen LogP contribution in [0.4, 0.5) is 4.79 Å². The predicted molar refractivity (Wildman–Crippen MR) is 65.2 cm³/mol. The summed E-state index contributed by atoms with van der Waals surface area (Å²) in [6.45, 7) is 7.90. The molecule has 1 rings (SSSR count). The Hall–Kier alpha value is -2.31. The maximum atomic E-state index is 11.8. The highest BCUT2D eigenvalue weighted by Gasteiger charge is 2.28. The molecule has 18 heavy (non-hydrogen) atoms. The van der Waals surface area contributed by atoms with Crippen molar-refractivity contribution in [2.24, 2.45) is 0 Å². The van der Waals surface area contributed by atoms with Gasteiger partial charge in [0.05, 0.1) is 13.3 Å². The highest BCUT2D eigenvalue weighted by Crippen LogP contribution is 2.05. The first kappa shape index (κ1) is 13.8. The van der Waals surface area contributed by atoms with E-state index in [2.05, 4.69) is 23.8 Å². The van der Waals surface area contributed by atoms with E-state index in [-0.39, 0.29) is 31.2 Å². The molecule has 4 amide bonds. The summed E-state index contributed by atoms with van der Waals surface area (Å²) < 4.78 is 0. The van der Waals surface area contributed by atoms with Crippen LogP contribution in [0.5, 0.6) is 0 Å². The molecule has 1 aliphatic rings. The number of hydrogen-bond donors (Lipinski definition) is 2. The van der Waals surface area contributed by atoms with Crippen molar-refractivity contribution in [2.45, 2.75) is 0 Å². The molecular formula is C11H16N4O3. The zero-order valence-corrected chi connectivity index (χ0v) is 10.0. The molecule has 1 aliphatic heterocycles. The van der Waals surface area contributed by atoms with Crippen LogP contribution in [-0.2, 0) is 9.59 Å². The van der Waals surface area contributed by atoms with Gasteiger partial charge in [-0.2, -0.15) is 0 Å². The average Bonchev–Trinajstić information content (AvgIpc) is 2.74. The molecule has 1 saturated heterocycles. The Kier molecular flexibility index (Phi) is 4.91. The van der Waals surface area contributed by atoms with Crippen molar-refractivity contribution in [3.63, 3.8) is 0 Å². The molecule has 0 aromatic heterocycles. The van der Waals surface area contributed by atoms with Crippen molar-refractivity contribution in [1.29, 1.82) is 0 Å². The third-order valence-electron chi connectivity index (χ3n) is 2.44. The Bertz CT molecular complexity index is 346. The third kappa shape index (κ3) is 3.62. The molecule has 0 unspecified atom stereocenters. The average molecular weight is 252 g/mol. The number of carbonyl (C=O) groups excluding carboxylic acids is 3. The number of hydrogen-bond acceptors (Lipinski definition) is 3. The second-order valence-electron chi connectivity index (χ2n) is 3.62. The van der Waals surface area contributed by atoms with Crippen molar-refractivity contribution in [3.8, 4) is 0 Å². The summed E-state index contributed by atoms with van der Waals surface area (Å²) in [5, 5.41) is 5.04. The first-order valence-electron chi connectivity index (χ1n) is 5.43. The van der Waals surface area contributed by atoms with E-state index in [1.54, 1.807) is 0 Å². The quantitative estimate of drug-likeness (QED) is 0.610. The number of urea groups is 1. The summed E-state index contributed by atoms with van der Waals surface area (Å²) in [7, 11) is 0. The monoisotopic (exact) mass is 252 g/mol. The minimum atomic E-state index is -0.332. The molecule has 7 heteroatoms. The summed E-state index contributed by atoms with van der Waals surface area (Å²) in [5.41, 5.74) is 0. The van der Waals surface area contributed by atoms with Crippen LogP contribution in [0, 0.1) is 0 Å². The van der Waals surface area contributed by atoms with Gasteiger partial charge in [-0.15, -0.1) is 0 Å². The highest BCUT2D eigenvalue weighted by molar-refractivity contribution is 5.88. The number of nitrogens with one attached hydrogen (secondary N) is 2. The molecule has 0 bridgehead atoms. The van der Waals surface area contributed by atoms with Crippen molar-refractivity contribution >= 4 is 17.8 Å². The van der Waals surface area contributed by atoms with Crippen molar-refractivity contribution in [3.05, 3.63) is 25.3 Å². The van der Waals surface area contributed by atoms with Crippen LogP contribution in [0.15, 0.2) is 25.3 Å². The minimum absolute atomic E-state index is 0.135. The summed E-state index contributed by atoms with van der Waals surface area (Å²) in [6, 6.07) is -0.233. The van der Waals surface area contributed by atoms with E-state index in [0.717, 1.165) is 12.2 Å². The smallest absolute Gasteiger partial charge is 0.322 e. The van der Waals surface area contributed by atoms with Gasteiger partial charge in [0.2, 0.25) is 11.8 Å². The number of carbonyl (C=O) groups is 3. The first-order chi connectivity index (χ1) is 8.58. The Morgan fingerprint density at radius 1 is 1.06 bits per heavy atom. The maximum Gasteiger partial charge on any atom is 0.322 e. The van der Waals surface area contributed by atoms with Gasteiger partial charge in [-0.25, -0.2) is 4.79 Å². The second kappa shape index (κ2) is 6.43. The van der Waals surface area contributed by atoms with Gasteiger partial charge < -0.3 is 20.4 Å². The van der Waals surface area contributed by atoms with Crippen LogP contribution in [0.25, 0.3) is 0 Å². The minimum Gasteiger partial charge on any atom is -0.335 e. The molecule has 0 spiro atoms. The maximum absolute atomic E-state index is 11.8. The molecule has 0 aliphatic carbocycles. The molecule has 0 radical (unpaired) electrons. The van der Waals surface area contributed by atoms with Crippen LogP contribution < -0.4 is 10.6 Å². The molecule has 0 atom stereocenters. The summed E-state index contributed by atoms with van der Waals surface area (Å²) in [5.74, 6) is -0.664. The predicted octanol–water partition coefficient (Wildman–Crippen LogP) is -0.757. The summed E-state index contributed by atoms with van der Waals surface area (Å²) >= 11 is 0. The van der Waals surface area contributed by atoms with E-state index in [9.17, 15) is 14.4 Å². The molecule has 2 N–H and O–H groups in total. The fraction of sp³-hybridized carbons (Fsp3) is 0.364. The molecule has 0 saturated carbocycles. The van der Waals surface area contributed by atoms with Crippen molar-refractivity contribution in [2.75, 3.05) is 26.4 Å². The van der Waals surface area contributed by atoms with Crippen LogP contribution >= 0.6 is 0 Å². The first-order valence-corrected chi connectivity index (χ1v) is 5.43. The Morgan fingerprint density at radius 3 is 1.78 bits per heavy atom. The van der Waals surface area contributed by atoms with E-state index in [1.165, 1.54) is 9.80 Å². The SMILES string of the molecule is C=CC(=O)NCN1CCN(CNC(=O)C=C)C1=O. The van der Waals surface area contributed by atoms with Gasteiger partial charge in [0.15, 0.2) is 0 Å². The summed E-state index contributed by atoms with van der Waals surface area (Å²) in [4.78, 5) is 36.7. The van der Waals surface area contributed by atoms with Crippen LogP contribution in [0.2, 0.25) is 0 Å².